The van der Waals surface area contributed by atoms with E-state index in [1.165, 1.54) is 11.3 Å². The van der Waals surface area contributed by atoms with Gasteiger partial charge in [0, 0.05) is 4.47 Å². The predicted molar refractivity (Wildman–Crippen MR) is 85.4 cm³/mol. The Morgan fingerprint density at radius 2 is 2.05 bits per heavy atom. The second kappa shape index (κ2) is 6.07. The van der Waals surface area contributed by atoms with Crippen LogP contribution in [0.3, 0.4) is 0 Å². The summed E-state index contributed by atoms with van der Waals surface area (Å²) in [5.74, 6) is 0.501. The Morgan fingerprint density at radius 1 is 1.32 bits per heavy atom. The van der Waals surface area contributed by atoms with Crippen LogP contribution in [0, 0.1) is 6.92 Å². The van der Waals surface area contributed by atoms with Gasteiger partial charge in [0.15, 0.2) is 0 Å². The Labute approximate surface area is 132 Å². The van der Waals surface area contributed by atoms with E-state index in [9.17, 15) is 4.79 Å². The Balaban J connectivity index is 2.23. The van der Waals surface area contributed by atoms with Crippen LogP contribution in [0.1, 0.15) is 15.2 Å². The zero-order chi connectivity index (χ0) is 14.0. The Hall–Kier alpha value is -0.850. The van der Waals surface area contributed by atoms with Gasteiger partial charge in [0.1, 0.15) is 5.75 Å². The van der Waals surface area contributed by atoms with Crippen LogP contribution >= 0.6 is 43.2 Å². The van der Waals surface area contributed by atoms with E-state index in [1.54, 1.807) is 13.2 Å². The number of nitrogens with one attached hydrogen (secondary N) is 1. The molecule has 0 saturated carbocycles. The number of methoxy groups -OCH3 is 1. The van der Waals surface area contributed by atoms with Gasteiger partial charge in [-0.05, 0) is 62.5 Å². The molecule has 1 N–H and O–H groups in total. The highest BCUT2D eigenvalue weighted by molar-refractivity contribution is 9.13. The van der Waals surface area contributed by atoms with Crippen molar-refractivity contribution < 1.29 is 9.53 Å². The van der Waals surface area contributed by atoms with Crippen LogP contribution in [0.4, 0.5) is 5.69 Å². The molecule has 3 nitrogen and oxygen atoms in total. The summed E-state index contributed by atoms with van der Waals surface area (Å²) in [6, 6.07) is 7.43. The minimum Gasteiger partial charge on any atom is -0.495 e. The Kier molecular flexibility index (Phi) is 4.65. The van der Waals surface area contributed by atoms with E-state index in [2.05, 4.69) is 37.2 Å². The number of anilines is 1. The molecule has 2 aromatic rings. The van der Waals surface area contributed by atoms with Crippen LogP contribution in [0.25, 0.3) is 0 Å². The zero-order valence-electron chi connectivity index (χ0n) is 10.3. The maximum atomic E-state index is 12.1. The summed E-state index contributed by atoms with van der Waals surface area (Å²) in [7, 11) is 1.59. The lowest BCUT2D eigenvalue weighted by atomic mass is 10.2. The first-order chi connectivity index (χ1) is 9.01. The number of ether oxygens (including phenoxy) is 1. The number of benzene rings is 1. The lowest BCUT2D eigenvalue weighted by Gasteiger charge is -2.10. The summed E-state index contributed by atoms with van der Waals surface area (Å²) < 4.78 is 7.03. The molecule has 100 valence electrons. The van der Waals surface area contributed by atoms with E-state index in [0.717, 1.165) is 13.8 Å². The number of halogens is 2. The van der Waals surface area contributed by atoms with E-state index in [1.807, 2.05) is 25.1 Å². The van der Waals surface area contributed by atoms with Gasteiger partial charge in [-0.3, -0.25) is 4.79 Å². The molecule has 0 spiro atoms. The molecule has 0 bridgehead atoms. The number of rotatable bonds is 3. The zero-order valence-corrected chi connectivity index (χ0v) is 14.3. The molecular weight excluding hydrogens is 394 g/mol. The first-order valence-electron chi connectivity index (χ1n) is 5.42. The molecule has 6 heteroatoms. The van der Waals surface area contributed by atoms with E-state index in [0.29, 0.717) is 16.3 Å². The summed E-state index contributed by atoms with van der Waals surface area (Å²) in [6.45, 7) is 1.97. The molecule has 0 fully saturated rings. The van der Waals surface area contributed by atoms with Crippen molar-refractivity contribution in [2.24, 2.45) is 0 Å². The van der Waals surface area contributed by atoms with Gasteiger partial charge in [0.25, 0.3) is 5.91 Å². The van der Waals surface area contributed by atoms with Crippen LogP contribution in [0.15, 0.2) is 32.5 Å². The molecule has 1 aromatic carbocycles. The maximum Gasteiger partial charge on any atom is 0.265 e. The van der Waals surface area contributed by atoms with Gasteiger partial charge in [0.2, 0.25) is 0 Å². The number of carbonyl (C=O) groups excluding carboxylic acids is 1. The highest BCUT2D eigenvalue weighted by Gasteiger charge is 2.14. The number of carbonyl (C=O) groups is 1. The smallest absolute Gasteiger partial charge is 0.265 e. The first-order valence-corrected chi connectivity index (χ1v) is 7.82. The van der Waals surface area contributed by atoms with Gasteiger partial charge < -0.3 is 10.1 Å². The molecule has 19 heavy (non-hydrogen) atoms. The largest absolute Gasteiger partial charge is 0.495 e. The molecule has 0 aliphatic carbocycles. The monoisotopic (exact) mass is 403 g/mol. The number of amides is 1. The molecule has 2 rings (SSSR count). The van der Waals surface area contributed by atoms with Crippen LogP contribution < -0.4 is 10.1 Å². The highest BCUT2D eigenvalue weighted by atomic mass is 79.9. The maximum absolute atomic E-state index is 12.1. The lowest BCUT2D eigenvalue weighted by Crippen LogP contribution is -2.11. The van der Waals surface area contributed by atoms with Crippen molar-refractivity contribution in [2.45, 2.75) is 6.92 Å². The standard InChI is InChI=1S/C13H11Br2NO2S/c1-7-3-4-9(10(5-7)18-2)16-13(17)11-6-8(14)12(15)19-11/h3-6H,1-2H3,(H,16,17). The summed E-state index contributed by atoms with van der Waals surface area (Å²) in [5, 5.41) is 2.85. The van der Waals surface area contributed by atoms with E-state index in [4.69, 9.17) is 4.74 Å². The van der Waals surface area contributed by atoms with Crippen molar-refractivity contribution in [3.8, 4) is 5.75 Å². The summed E-state index contributed by atoms with van der Waals surface area (Å²) in [5.41, 5.74) is 1.75. The quantitative estimate of drug-likeness (QED) is 0.794. The number of hydrogen-bond acceptors (Lipinski definition) is 3. The number of aryl methyl sites for hydroxylation is 1. The first kappa shape index (κ1) is 14.6. The molecule has 0 radical (unpaired) electrons. The lowest BCUT2D eigenvalue weighted by molar-refractivity contribution is 0.103. The molecule has 0 atom stereocenters. The number of thiophene rings is 1. The molecule has 0 saturated heterocycles. The van der Waals surface area contributed by atoms with E-state index < -0.39 is 0 Å². The molecular formula is C13H11Br2NO2S. The van der Waals surface area contributed by atoms with Crippen molar-refractivity contribution in [3.63, 3.8) is 0 Å². The van der Waals surface area contributed by atoms with Crippen LogP contribution in [-0.2, 0) is 0 Å². The van der Waals surface area contributed by atoms with Gasteiger partial charge >= 0.3 is 0 Å². The van der Waals surface area contributed by atoms with Crippen molar-refractivity contribution in [1.29, 1.82) is 0 Å². The fourth-order valence-corrected chi connectivity index (χ4v) is 3.47. The van der Waals surface area contributed by atoms with Crippen LogP contribution in [-0.4, -0.2) is 13.0 Å². The summed E-state index contributed by atoms with van der Waals surface area (Å²) in [6.07, 6.45) is 0. The topological polar surface area (TPSA) is 38.3 Å². The second-order valence-corrected chi connectivity index (χ2v) is 7.11. The molecule has 1 aromatic heterocycles. The minimum atomic E-state index is -0.154. The highest BCUT2D eigenvalue weighted by Crippen LogP contribution is 2.33. The second-order valence-electron chi connectivity index (χ2n) is 3.89. The average molecular weight is 405 g/mol. The SMILES string of the molecule is COc1cc(C)ccc1NC(=O)c1cc(Br)c(Br)s1. The molecule has 1 amide bonds. The van der Waals surface area contributed by atoms with Gasteiger partial charge in [-0.15, -0.1) is 11.3 Å². The van der Waals surface area contributed by atoms with E-state index >= 15 is 0 Å². The molecule has 0 aliphatic rings. The molecule has 0 aliphatic heterocycles. The molecule has 0 unspecified atom stereocenters. The third kappa shape index (κ3) is 3.38. The van der Waals surface area contributed by atoms with E-state index in [-0.39, 0.29) is 5.91 Å². The minimum absolute atomic E-state index is 0.154. The average Bonchev–Trinajstić information content (AvgIpc) is 2.72. The van der Waals surface area contributed by atoms with Gasteiger partial charge in [-0.25, -0.2) is 0 Å². The Morgan fingerprint density at radius 3 is 2.63 bits per heavy atom. The van der Waals surface area contributed by atoms with Crippen molar-refractivity contribution in [1.82, 2.24) is 0 Å². The summed E-state index contributed by atoms with van der Waals surface area (Å²) in [4.78, 5) is 12.8. The third-order valence-corrected chi connectivity index (χ3v) is 5.73. The van der Waals surface area contributed by atoms with Crippen LogP contribution in [0.5, 0.6) is 5.75 Å². The van der Waals surface area contributed by atoms with Crippen molar-refractivity contribution in [3.05, 3.63) is 43.0 Å². The predicted octanol–water partition coefficient (Wildman–Crippen LogP) is 4.84. The normalized spacial score (nSPS) is 10.3. The molecule has 1 heterocycles. The fourth-order valence-electron chi connectivity index (χ4n) is 1.54. The van der Waals surface area contributed by atoms with Crippen LogP contribution in [0.2, 0.25) is 0 Å². The third-order valence-electron chi connectivity index (χ3n) is 2.47. The van der Waals surface area contributed by atoms with Gasteiger partial charge in [0.05, 0.1) is 21.5 Å². The van der Waals surface area contributed by atoms with Gasteiger partial charge in [-0.1, -0.05) is 6.07 Å². The van der Waals surface area contributed by atoms with Gasteiger partial charge in [-0.2, -0.15) is 0 Å². The Bertz CT molecular complexity index is 606. The summed E-state index contributed by atoms with van der Waals surface area (Å²) >= 11 is 8.12. The van der Waals surface area contributed by atoms with Crippen molar-refractivity contribution in [2.75, 3.05) is 12.4 Å². The number of hydrogen-bond donors (Lipinski definition) is 1. The van der Waals surface area contributed by atoms with Crippen molar-refractivity contribution >= 4 is 54.8 Å². The fraction of sp³-hybridized carbons (Fsp3) is 0.154.